The van der Waals surface area contributed by atoms with Gasteiger partial charge in [0.2, 0.25) is 0 Å². The molecule has 0 bridgehead atoms. The Morgan fingerprint density at radius 3 is 2.32 bits per heavy atom. The van der Waals surface area contributed by atoms with Crippen LogP contribution in [0.15, 0.2) is 34.4 Å². The molecule has 0 amide bonds. The lowest BCUT2D eigenvalue weighted by Gasteiger charge is -2.71. The van der Waals surface area contributed by atoms with E-state index in [1.165, 1.54) is 43.3 Å². The number of fused-ring (bicyclic) bond motifs is 7. The second-order valence-corrected chi connectivity index (χ2v) is 19.3. The molecule has 0 saturated heterocycles. The van der Waals surface area contributed by atoms with E-state index in [0.29, 0.717) is 42.3 Å². The molecule has 0 aromatic rings. The minimum atomic E-state index is -0.498. The van der Waals surface area contributed by atoms with Gasteiger partial charge in [0.1, 0.15) is 5.78 Å². The smallest absolute Gasteiger partial charge is 0.160 e. The molecule has 7 aliphatic carbocycles. The van der Waals surface area contributed by atoms with Gasteiger partial charge < -0.3 is 10.4 Å². The largest absolute Gasteiger partial charge is 0.391 e. The first-order valence-corrected chi connectivity index (χ1v) is 19.7. The second-order valence-electron chi connectivity index (χ2n) is 19.3. The summed E-state index contributed by atoms with van der Waals surface area (Å²) in [5.41, 5.74) is 5.88. The van der Waals surface area contributed by atoms with Crippen molar-refractivity contribution in [1.29, 1.82) is 0 Å². The second kappa shape index (κ2) is 11.5. The number of aliphatic hydroxyl groups is 1. The molecular formula is C43H65NO3. The van der Waals surface area contributed by atoms with Gasteiger partial charge in [0.15, 0.2) is 5.78 Å². The number of carbonyl (C=O) groups excluding carboxylic acids is 2. The van der Waals surface area contributed by atoms with Crippen LogP contribution in [0.4, 0.5) is 0 Å². The van der Waals surface area contributed by atoms with Gasteiger partial charge in [0.25, 0.3) is 0 Å². The van der Waals surface area contributed by atoms with E-state index in [0.717, 1.165) is 63.0 Å². The Kier molecular flexibility index (Phi) is 8.31. The van der Waals surface area contributed by atoms with E-state index >= 15 is 0 Å². The number of Topliss-reactive ketones (excluding diaryl/α,β-unsaturated/α-hetero) is 2. The number of hydrogen-bond donors (Lipinski definition) is 2. The summed E-state index contributed by atoms with van der Waals surface area (Å²) in [6.45, 7) is 20.8. The first-order chi connectivity index (χ1) is 22.1. The van der Waals surface area contributed by atoms with Crippen LogP contribution in [-0.4, -0.2) is 35.9 Å². The van der Waals surface area contributed by atoms with Crippen molar-refractivity contribution >= 4 is 11.6 Å². The minimum Gasteiger partial charge on any atom is -0.391 e. The maximum absolute atomic E-state index is 13.9. The molecular weight excluding hydrogens is 578 g/mol. The summed E-state index contributed by atoms with van der Waals surface area (Å²) in [6, 6.07) is 0. The van der Waals surface area contributed by atoms with Crippen molar-refractivity contribution in [1.82, 2.24) is 5.32 Å². The van der Waals surface area contributed by atoms with Crippen molar-refractivity contribution in [2.24, 2.45) is 62.6 Å². The molecule has 4 saturated carbocycles. The van der Waals surface area contributed by atoms with Crippen molar-refractivity contribution in [2.75, 3.05) is 13.1 Å². The van der Waals surface area contributed by atoms with Crippen LogP contribution >= 0.6 is 0 Å². The normalized spacial score (nSPS) is 43.4. The molecule has 0 spiro atoms. The third-order valence-electron chi connectivity index (χ3n) is 16.5. The maximum Gasteiger partial charge on any atom is 0.160 e. The summed E-state index contributed by atoms with van der Waals surface area (Å²) >= 11 is 0. The SMILES string of the molecule is CC(=O)C1CC=C(C2=CC[C@]3(C)[C@H]4CC[C@@H]5C6=C(C(C)C)C(=O)C[C@]6([C@@H](O)CNCC6CC6)CC[C@@]5(C)[C@]4(C)CC[C@H]3C2(C)C)CC1. The van der Waals surface area contributed by atoms with Crippen LogP contribution in [-0.2, 0) is 9.59 Å². The quantitative estimate of drug-likeness (QED) is 0.277. The van der Waals surface area contributed by atoms with Gasteiger partial charge in [-0.25, -0.2) is 0 Å². The van der Waals surface area contributed by atoms with Gasteiger partial charge in [-0.05, 0) is 158 Å². The Hall–Kier alpha value is -1.52. The molecule has 0 heterocycles. The molecule has 9 atom stereocenters. The topological polar surface area (TPSA) is 66.4 Å². The van der Waals surface area contributed by atoms with Crippen LogP contribution in [0.5, 0.6) is 0 Å². The van der Waals surface area contributed by atoms with Crippen molar-refractivity contribution in [3.05, 3.63) is 34.4 Å². The van der Waals surface area contributed by atoms with E-state index in [2.05, 4.69) is 65.9 Å². The number of nitrogens with one attached hydrogen (secondary N) is 1. The highest BCUT2D eigenvalue weighted by Crippen LogP contribution is 2.77. The van der Waals surface area contributed by atoms with E-state index in [4.69, 9.17) is 0 Å². The van der Waals surface area contributed by atoms with E-state index in [9.17, 15) is 14.7 Å². The van der Waals surface area contributed by atoms with Crippen molar-refractivity contribution < 1.29 is 14.7 Å². The number of carbonyl (C=O) groups is 2. The molecule has 47 heavy (non-hydrogen) atoms. The molecule has 1 unspecified atom stereocenters. The molecule has 0 aliphatic heterocycles. The van der Waals surface area contributed by atoms with Gasteiger partial charge in [-0.15, -0.1) is 0 Å². The molecule has 2 N–H and O–H groups in total. The van der Waals surface area contributed by atoms with Crippen molar-refractivity contribution in [3.63, 3.8) is 0 Å². The lowest BCUT2D eigenvalue weighted by molar-refractivity contribution is -0.202. The average molecular weight is 644 g/mol. The monoisotopic (exact) mass is 643 g/mol. The fraction of sp³-hybridized carbons (Fsp3) is 0.814. The van der Waals surface area contributed by atoms with E-state index < -0.39 is 6.10 Å². The number of rotatable bonds is 8. The van der Waals surface area contributed by atoms with Crippen LogP contribution in [0.2, 0.25) is 0 Å². The first-order valence-electron chi connectivity index (χ1n) is 19.7. The van der Waals surface area contributed by atoms with E-state index in [1.54, 1.807) is 12.5 Å². The average Bonchev–Trinajstić information content (AvgIpc) is 3.77. The van der Waals surface area contributed by atoms with Crippen LogP contribution in [0.25, 0.3) is 0 Å². The number of ketones is 2. The maximum atomic E-state index is 13.9. The molecule has 4 fully saturated rings. The van der Waals surface area contributed by atoms with Gasteiger partial charge in [0, 0.05) is 24.3 Å². The van der Waals surface area contributed by atoms with Gasteiger partial charge >= 0.3 is 0 Å². The fourth-order valence-corrected chi connectivity index (χ4v) is 13.6. The summed E-state index contributed by atoms with van der Waals surface area (Å²) in [6.07, 6.45) is 18.7. The van der Waals surface area contributed by atoms with Crippen LogP contribution in [0.1, 0.15) is 139 Å². The molecule has 0 aromatic carbocycles. The molecule has 7 aliphatic rings. The van der Waals surface area contributed by atoms with Gasteiger partial charge in [-0.1, -0.05) is 66.2 Å². The predicted octanol–water partition coefficient (Wildman–Crippen LogP) is 9.18. The van der Waals surface area contributed by atoms with Crippen molar-refractivity contribution in [3.8, 4) is 0 Å². The Bertz CT molecular complexity index is 1410. The molecule has 260 valence electrons. The minimum absolute atomic E-state index is 0.117. The third-order valence-corrected chi connectivity index (χ3v) is 16.5. The molecule has 4 heteroatoms. The first kappa shape index (κ1) is 34.0. The van der Waals surface area contributed by atoms with Crippen LogP contribution in [0.3, 0.4) is 0 Å². The number of allylic oxidation sites excluding steroid dienone is 5. The van der Waals surface area contributed by atoms with Gasteiger partial charge in [0.05, 0.1) is 6.10 Å². The highest BCUT2D eigenvalue weighted by atomic mass is 16.3. The molecule has 4 nitrogen and oxygen atoms in total. The third kappa shape index (κ3) is 4.94. The Morgan fingerprint density at radius 1 is 0.936 bits per heavy atom. The summed E-state index contributed by atoms with van der Waals surface area (Å²) in [5, 5.41) is 15.6. The number of aliphatic hydroxyl groups excluding tert-OH is 1. The summed E-state index contributed by atoms with van der Waals surface area (Å²) in [7, 11) is 0. The van der Waals surface area contributed by atoms with Gasteiger partial charge in [-0.2, -0.15) is 0 Å². The summed E-state index contributed by atoms with van der Waals surface area (Å²) in [4.78, 5) is 26.0. The van der Waals surface area contributed by atoms with Gasteiger partial charge in [-0.3, -0.25) is 9.59 Å². The van der Waals surface area contributed by atoms with Crippen molar-refractivity contribution in [2.45, 2.75) is 145 Å². The number of hydrogen-bond acceptors (Lipinski definition) is 4. The summed E-state index contributed by atoms with van der Waals surface area (Å²) in [5.74, 6) is 3.52. The fourth-order valence-electron chi connectivity index (χ4n) is 13.6. The van der Waals surface area contributed by atoms with E-state index in [1.807, 2.05) is 0 Å². The highest BCUT2D eigenvalue weighted by molar-refractivity contribution is 6.00. The zero-order chi connectivity index (χ0) is 33.7. The molecule has 7 rings (SSSR count). The lowest BCUT2D eigenvalue weighted by atomic mass is 9.33. The summed E-state index contributed by atoms with van der Waals surface area (Å²) < 4.78 is 0. The lowest BCUT2D eigenvalue weighted by Crippen LogP contribution is -2.65. The Labute approximate surface area is 286 Å². The van der Waals surface area contributed by atoms with Crippen LogP contribution in [0, 0.1) is 62.6 Å². The zero-order valence-electron chi connectivity index (χ0n) is 31.1. The van der Waals surface area contributed by atoms with Crippen LogP contribution < -0.4 is 5.32 Å². The Morgan fingerprint density at radius 2 is 1.68 bits per heavy atom. The highest BCUT2D eigenvalue weighted by Gasteiger charge is 2.70. The standard InChI is InChI=1S/C43H65NO3/c1-26(2)37-33(46)23-43(36(47)25-44-24-28-9-10-28)22-21-41(7)32(38(37)43)15-16-35-40(6)19-17-31(30-13-11-29(12-14-30)27(3)45)39(4,5)34(40)18-20-42(35,41)8/h13,17,26,28-29,32,34-36,44,47H,9-12,14-16,18-25H2,1-8H3/t29?,32-,34+,35-,36+,40+,41-,42-,43+/m1/s1. The zero-order valence-corrected chi connectivity index (χ0v) is 31.1. The Balaban J connectivity index is 1.21. The van der Waals surface area contributed by atoms with E-state index in [-0.39, 0.29) is 38.9 Å². The molecule has 0 aromatic heterocycles. The molecule has 0 radical (unpaired) electrons. The predicted molar refractivity (Wildman–Crippen MR) is 191 cm³/mol.